The number of hydrogen-bond acceptors (Lipinski definition) is 4. The Morgan fingerprint density at radius 2 is 2.11 bits per heavy atom. The van der Waals surface area contributed by atoms with E-state index in [1.54, 1.807) is 6.20 Å². The third kappa shape index (κ3) is 2.55. The van der Waals surface area contributed by atoms with Crippen LogP contribution in [0.4, 0.5) is 11.6 Å². The predicted molar refractivity (Wildman–Crippen MR) is 75.1 cm³/mol. The van der Waals surface area contributed by atoms with Gasteiger partial charge in [-0.25, -0.2) is 9.97 Å². The van der Waals surface area contributed by atoms with E-state index in [9.17, 15) is 0 Å². The van der Waals surface area contributed by atoms with E-state index in [2.05, 4.69) is 34.4 Å². The fraction of sp³-hybridized carbons (Fsp3) is 0.538. The van der Waals surface area contributed by atoms with Gasteiger partial charge in [0, 0.05) is 26.0 Å². The average Bonchev–Trinajstić information content (AvgIpc) is 2.87. The molecular formula is C13H21N5. The SMILES string of the molecule is CCC(CC)CNc1nc(NC)cn2ccnc12. The summed E-state index contributed by atoms with van der Waals surface area (Å²) >= 11 is 0. The van der Waals surface area contributed by atoms with Gasteiger partial charge in [-0.15, -0.1) is 0 Å². The Bertz CT molecular complexity index is 501. The highest BCUT2D eigenvalue weighted by molar-refractivity contribution is 5.65. The summed E-state index contributed by atoms with van der Waals surface area (Å²) < 4.78 is 1.98. The second-order valence-electron chi connectivity index (χ2n) is 4.45. The molecular weight excluding hydrogens is 226 g/mol. The molecule has 2 aromatic rings. The van der Waals surface area contributed by atoms with Crippen LogP contribution in [0.2, 0.25) is 0 Å². The largest absolute Gasteiger partial charge is 0.372 e. The highest BCUT2D eigenvalue weighted by Crippen LogP contribution is 2.17. The molecule has 0 aliphatic carbocycles. The van der Waals surface area contributed by atoms with E-state index >= 15 is 0 Å². The first-order valence-corrected chi connectivity index (χ1v) is 6.53. The smallest absolute Gasteiger partial charge is 0.180 e. The van der Waals surface area contributed by atoms with Crippen molar-refractivity contribution >= 4 is 17.3 Å². The van der Waals surface area contributed by atoms with Crippen molar-refractivity contribution < 1.29 is 0 Å². The minimum Gasteiger partial charge on any atom is -0.372 e. The Balaban J connectivity index is 2.22. The van der Waals surface area contributed by atoms with Crippen molar-refractivity contribution in [3.63, 3.8) is 0 Å². The maximum absolute atomic E-state index is 4.53. The third-order valence-corrected chi connectivity index (χ3v) is 3.34. The quantitative estimate of drug-likeness (QED) is 0.824. The normalized spacial score (nSPS) is 11.1. The molecule has 0 amide bonds. The Morgan fingerprint density at radius 3 is 2.78 bits per heavy atom. The van der Waals surface area contributed by atoms with Crippen molar-refractivity contribution in [1.82, 2.24) is 14.4 Å². The first kappa shape index (κ1) is 12.7. The van der Waals surface area contributed by atoms with Gasteiger partial charge in [-0.2, -0.15) is 0 Å². The van der Waals surface area contributed by atoms with E-state index in [0.29, 0.717) is 5.92 Å². The van der Waals surface area contributed by atoms with Crippen molar-refractivity contribution in [2.24, 2.45) is 5.92 Å². The standard InChI is InChI=1S/C13H21N5/c1-4-10(5-2)8-16-12-13-15-6-7-18(13)9-11(14-3)17-12/h6-7,9-10,14H,4-5,8H2,1-3H3,(H,16,17). The molecule has 2 aromatic heterocycles. The summed E-state index contributed by atoms with van der Waals surface area (Å²) in [6.07, 6.45) is 8.02. The summed E-state index contributed by atoms with van der Waals surface area (Å²) in [5, 5.41) is 6.48. The van der Waals surface area contributed by atoms with Crippen molar-refractivity contribution in [1.29, 1.82) is 0 Å². The summed E-state index contributed by atoms with van der Waals surface area (Å²) in [6, 6.07) is 0. The Kier molecular flexibility index (Phi) is 4.02. The molecule has 2 N–H and O–H groups in total. The highest BCUT2D eigenvalue weighted by Gasteiger charge is 2.09. The van der Waals surface area contributed by atoms with Crippen molar-refractivity contribution in [2.45, 2.75) is 26.7 Å². The van der Waals surface area contributed by atoms with Gasteiger partial charge in [-0.1, -0.05) is 26.7 Å². The molecule has 0 saturated heterocycles. The highest BCUT2D eigenvalue weighted by atomic mass is 15.1. The average molecular weight is 247 g/mol. The van der Waals surface area contributed by atoms with Gasteiger partial charge in [0.05, 0.1) is 6.20 Å². The lowest BCUT2D eigenvalue weighted by Crippen LogP contribution is -2.15. The van der Waals surface area contributed by atoms with Crippen LogP contribution in [0.5, 0.6) is 0 Å². The monoisotopic (exact) mass is 247 g/mol. The summed E-state index contributed by atoms with van der Waals surface area (Å²) in [5.41, 5.74) is 0.875. The van der Waals surface area contributed by atoms with Crippen LogP contribution in [0.1, 0.15) is 26.7 Å². The van der Waals surface area contributed by atoms with Gasteiger partial charge in [0.1, 0.15) is 5.82 Å². The van der Waals surface area contributed by atoms with Crippen LogP contribution in [0, 0.1) is 5.92 Å². The van der Waals surface area contributed by atoms with E-state index in [1.807, 2.05) is 23.8 Å². The second-order valence-corrected chi connectivity index (χ2v) is 4.45. The van der Waals surface area contributed by atoms with Crippen LogP contribution < -0.4 is 10.6 Å². The van der Waals surface area contributed by atoms with Crippen LogP contribution in [0.3, 0.4) is 0 Å². The molecule has 0 atom stereocenters. The van der Waals surface area contributed by atoms with Crippen LogP contribution >= 0.6 is 0 Å². The van der Waals surface area contributed by atoms with Crippen LogP contribution in [0.25, 0.3) is 5.65 Å². The molecule has 0 aliphatic rings. The van der Waals surface area contributed by atoms with Gasteiger partial charge in [-0.05, 0) is 5.92 Å². The molecule has 18 heavy (non-hydrogen) atoms. The molecule has 0 unspecified atom stereocenters. The van der Waals surface area contributed by atoms with E-state index in [-0.39, 0.29) is 0 Å². The number of fused-ring (bicyclic) bond motifs is 1. The summed E-state index contributed by atoms with van der Waals surface area (Å²) in [4.78, 5) is 8.86. The fourth-order valence-electron chi connectivity index (χ4n) is 1.99. The van der Waals surface area contributed by atoms with Crippen molar-refractivity contribution in [3.8, 4) is 0 Å². The molecule has 0 aliphatic heterocycles. The third-order valence-electron chi connectivity index (χ3n) is 3.34. The zero-order valence-electron chi connectivity index (χ0n) is 11.3. The van der Waals surface area contributed by atoms with Gasteiger partial charge in [-0.3, -0.25) is 0 Å². The molecule has 5 nitrogen and oxygen atoms in total. The first-order chi connectivity index (χ1) is 8.78. The lowest BCUT2D eigenvalue weighted by molar-refractivity contribution is 0.518. The van der Waals surface area contributed by atoms with Crippen LogP contribution in [-0.4, -0.2) is 28.0 Å². The second kappa shape index (κ2) is 5.71. The summed E-state index contributed by atoms with van der Waals surface area (Å²) in [6.45, 7) is 5.38. The minimum absolute atomic E-state index is 0.681. The number of imidazole rings is 1. The Hall–Kier alpha value is -1.78. The topological polar surface area (TPSA) is 54.2 Å². The molecule has 0 bridgehead atoms. The van der Waals surface area contributed by atoms with Gasteiger partial charge in [0.25, 0.3) is 0 Å². The van der Waals surface area contributed by atoms with Gasteiger partial charge < -0.3 is 15.0 Å². The summed E-state index contributed by atoms with van der Waals surface area (Å²) in [5.74, 6) is 2.37. The number of anilines is 2. The van der Waals surface area contributed by atoms with E-state index in [1.165, 1.54) is 12.8 Å². The van der Waals surface area contributed by atoms with Gasteiger partial charge >= 0.3 is 0 Å². The maximum Gasteiger partial charge on any atom is 0.180 e. The minimum atomic E-state index is 0.681. The molecule has 2 heterocycles. The lowest BCUT2D eigenvalue weighted by atomic mass is 10.0. The molecule has 0 spiro atoms. The van der Waals surface area contributed by atoms with Crippen molar-refractivity contribution in [3.05, 3.63) is 18.6 Å². The van der Waals surface area contributed by atoms with E-state index in [4.69, 9.17) is 0 Å². The number of rotatable bonds is 6. The maximum atomic E-state index is 4.53. The Morgan fingerprint density at radius 1 is 1.33 bits per heavy atom. The number of aromatic nitrogens is 3. The lowest BCUT2D eigenvalue weighted by Gasteiger charge is -2.14. The molecule has 2 rings (SSSR count). The number of nitrogens with one attached hydrogen (secondary N) is 2. The van der Waals surface area contributed by atoms with Crippen molar-refractivity contribution in [2.75, 3.05) is 24.2 Å². The molecule has 0 fully saturated rings. The molecule has 0 saturated carbocycles. The zero-order chi connectivity index (χ0) is 13.0. The first-order valence-electron chi connectivity index (χ1n) is 6.53. The van der Waals surface area contributed by atoms with E-state index in [0.717, 1.165) is 23.8 Å². The molecule has 0 radical (unpaired) electrons. The van der Waals surface area contributed by atoms with Crippen LogP contribution in [-0.2, 0) is 0 Å². The fourth-order valence-corrected chi connectivity index (χ4v) is 1.99. The molecule has 98 valence electrons. The summed E-state index contributed by atoms with van der Waals surface area (Å²) in [7, 11) is 1.87. The zero-order valence-corrected chi connectivity index (χ0v) is 11.3. The predicted octanol–water partition coefficient (Wildman–Crippen LogP) is 2.62. The van der Waals surface area contributed by atoms with Crippen LogP contribution in [0.15, 0.2) is 18.6 Å². The number of nitrogens with zero attached hydrogens (tertiary/aromatic N) is 3. The molecule has 0 aromatic carbocycles. The van der Waals surface area contributed by atoms with Gasteiger partial charge in [0.2, 0.25) is 0 Å². The number of hydrogen-bond donors (Lipinski definition) is 2. The Labute approximate surface area is 108 Å². The van der Waals surface area contributed by atoms with Gasteiger partial charge in [0.15, 0.2) is 11.5 Å². The molecule has 5 heteroatoms. The van der Waals surface area contributed by atoms with E-state index < -0.39 is 0 Å².